The minimum absolute atomic E-state index is 0.00120. The highest BCUT2D eigenvalue weighted by molar-refractivity contribution is 5.93. The van der Waals surface area contributed by atoms with Crippen LogP contribution in [0.25, 0.3) is 11.3 Å². The van der Waals surface area contributed by atoms with Crippen molar-refractivity contribution < 1.29 is 9.90 Å². The maximum absolute atomic E-state index is 11.3. The summed E-state index contributed by atoms with van der Waals surface area (Å²) >= 11 is 0. The topological polar surface area (TPSA) is 63.1 Å². The highest BCUT2D eigenvalue weighted by Gasteiger charge is 2.19. The molecule has 1 aromatic carbocycles. The van der Waals surface area contributed by atoms with Crippen LogP contribution in [0, 0.1) is 27.7 Å². The van der Waals surface area contributed by atoms with Crippen molar-refractivity contribution in [3.8, 4) is 11.3 Å². The highest BCUT2D eigenvalue weighted by atomic mass is 16.4. The van der Waals surface area contributed by atoms with E-state index in [-0.39, 0.29) is 5.69 Å². The summed E-state index contributed by atoms with van der Waals surface area (Å²) in [5.74, 6) is -1.05. The van der Waals surface area contributed by atoms with Gasteiger partial charge in [-0.15, -0.1) is 0 Å². The van der Waals surface area contributed by atoms with E-state index in [9.17, 15) is 9.90 Å². The zero-order valence-corrected chi connectivity index (χ0v) is 11.5. The Morgan fingerprint density at radius 1 is 1.00 bits per heavy atom. The lowest BCUT2D eigenvalue weighted by molar-refractivity contribution is 0.0691. The zero-order chi connectivity index (χ0) is 14.2. The minimum Gasteiger partial charge on any atom is -0.476 e. The van der Waals surface area contributed by atoms with Crippen LogP contribution in [0.4, 0.5) is 0 Å². The fraction of sp³-hybridized carbons (Fsp3) is 0.267. The molecule has 0 atom stereocenters. The molecule has 4 heteroatoms. The second kappa shape index (κ2) is 4.80. The van der Waals surface area contributed by atoms with Crippen LogP contribution in [0.2, 0.25) is 0 Å². The normalized spacial score (nSPS) is 10.5. The molecule has 1 aromatic heterocycles. The predicted molar refractivity (Wildman–Crippen MR) is 73.4 cm³/mol. The number of aromatic carboxylic acids is 1. The molecular formula is C15H16N2O2. The molecule has 0 radical (unpaired) electrons. The van der Waals surface area contributed by atoms with Crippen LogP contribution in [-0.4, -0.2) is 21.0 Å². The molecule has 1 heterocycles. The molecular weight excluding hydrogens is 240 g/mol. The molecule has 0 fully saturated rings. The lowest BCUT2D eigenvalue weighted by Crippen LogP contribution is -2.07. The summed E-state index contributed by atoms with van der Waals surface area (Å²) in [6.07, 6.45) is 2.93. The van der Waals surface area contributed by atoms with Gasteiger partial charge in [-0.05, 0) is 49.9 Å². The van der Waals surface area contributed by atoms with E-state index in [2.05, 4.69) is 16.0 Å². The van der Waals surface area contributed by atoms with Crippen LogP contribution in [0.1, 0.15) is 32.7 Å². The summed E-state index contributed by atoms with van der Waals surface area (Å²) < 4.78 is 0. The number of rotatable bonds is 2. The Balaban J connectivity index is 2.83. The van der Waals surface area contributed by atoms with E-state index in [1.54, 1.807) is 0 Å². The van der Waals surface area contributed by atoms with E-state index in [1.807, 2.05) is 27.7 Å². The van der Waals surface area contributed by atoms with Gasteiger partial charge in [0.05, 0.1) is 0 Å². The quantitative estimate of drug-likeness (QED) is 0.896. The van der Waals surface area contributed by atoms with Gasteiger partial charge in [-0.2, -0.15) is 0 Å². The minimum atomic E-state index is -1.05. The van der Waals surface area contributed by atoms with Crippen LogP contribution < -0.4 is 0 Å². The summed E-state index contributed by atoms with van der Waals surface area (Å²) in [4.78, 5) is 19.4. The molecule has 19 heavy (non-hydrogen) atoms. The monoisotopic (exact) mass is 256 g/mol. The van der Waals surface area contributed by atoms with E-state index in [0.29, 0.717) is 5.69 Å². The summed E-state index contributed by atoms with van der Waals surface area (Å²) in [6, 6.07) is 2.10. The van der Waals surface area contributed by atoms with Crippen LogP contribution >= 0.6 is 0 Å². The molecule has 2 aromatic rings. The second-order valence-corrected chi connectivity index (χ2v) is 4.69. The molecule has 0 aliphatic carbocycles. The molecule has 0 amide bonds. The predicted octanol–water partition coefficient (Wildman–Crippen LogP) is 3.08. The van der Waals surface area contributed by atoms with Crippen molar-refractivity contribution in [1.29, 1.82) is 0 Å². The zero-order valence-electron chi connectivity index (χ0n) is 11.5. The molecule has 0 bridgehead atoms. The van der Waals surface area contributed by atoms with E-state index in [0.717, 1.165) is 27.8 Å². The molecule has 0 aliphatic heterocycles. The van der Waals surface area contributed by atoms with E-state index in [1.165, 1.54) is 12.4 Å². The molecule has 2 rings (SSSR count). The van der Waals surface area contributed by atoms with Crippen molar-refractivity contribution >= 4 is 5.97 Å². The first kappa shape index (κ1) is 13.2. The highest BCUT2D eigenvalue weighted by Crippen LogP contribution is 2.31. The number of aryl methyl sites for hydroxylation is 2. The molecule has 0 spiro atoms. The van der Waals surface area contributed by atoms with Gasteiger partial charge >= 0.3 is 5.97 Å². The third kappa shape index (κ3) is 2.21. The Kier molecular flexibility index (Phi) is 3.34. The number of hydrogen-bond acceptors (Lipinski definition) is 3. The standard InChI is InChI=1S/C15H16N2O2/c1-8-7-9(2)11(4)12(10(8)3)13-14(15(18)19)17-6-5-16-13/h5-7H,1-4H3,(H,18,19). The maximum Gasteiger partial charge on any atom is 0.356 e. The van der Waals surface area contributed by atoms with Gasteiger partial charge in [0.25, 0.3) is 0 Å². The summed E-state index contributed by atoms with van der Waals surface area (Å²) in [6.45, 7) is 8.00. The average Bonchev–Trinajstić information content (AvgIpc) is 2.37. The van der Waals surface area contributed by atoms with Crippen molar-refractivity contribution in [1.82, 2.24) is 9.97 Å². The Morgan fingerprint density at radius 3 is 2.05 bits per heavy atom. The number of hydrogen-bond donors (Lipinski definition) is 1. The van der Waals surface area contributed by atoms with Crippen molar-refractivity contribution in [2.75, 3.05) is 0 Å². The smallest absolute Gasteiger partial charge is 0.356 e. The number of carboxylic acids is 1. The SMILES string of the molecule is Cc1cc(C)c(C)c(-c2nccnc2C(=O)O)c1C. The first-order valence-electron chi connectivity index (χ1n) is 6.05. The number of nitrogens with zero attached hydrogens (tertiary/aromatic N) is 2. The molecule has 0 aliphatic rings. The molecule has 0 unspecified atom stereocenters. The van der Waals surface area contributed by atoms with Crippen LogP contribution in [0.5, 0.6) is 0 Å². The second-order valence-electron chi connectivity index (χ2n) is 4.69. The fourth-order valence-electron chi connectivity index (χ4n) is 2.25. The Bertz CT molecular complexity index is 637. The Morgan fingerprint density at radius 2 is 1.53 bits per heavy atom. The number of aromatic nitrogens is 2. The Hall–Kier alpha value is -2.23. The van der Waals surface area contributed by atoms with Crippen molar-refractivity contribution in [2.45, 2.75) is 27.7 Å². The summed E-state index contributed by atoms with van der Waals surface area (Å²) in [5, 5.41) is 9.24. The van der Waals surface area contributed by atoms with Gasteiger partial charge in [0.15, 0.2) is 5.69 Å². The molecule has 0 saturated carbocycles. The van der Waals surface area contributed by atoms with Crippen LogP contribution in [0.15, 0.2) is 18.5 Å². The van der Waals surface area contributed by atoms with Gasteiger partial charge in [-0.25, -0.2) is 9.78 Å². The molecule has 98 valence electrons. The van der Waals surface area contributed by atoms with E-state index in [4.69, 9.17) is 0 Å². The van der Waals surface area contributed by atoms with Crippen molar-refractivity contribution in [2.24, 2.45) is 0 Å². The van der Waals surface area contributed by atoms with E-state index >= 15 is 0 Å². The fourth-order valence-corrected chi connectivity index (χ4v) is 2.25. The number of carboxylic acid groups (broad SMARTS) is 1. The number of carbonyl (C=O) groups is 1. The van der Waals surface area contributed by atoms with Crippen molar-refractivity contribution in [3.63, 3.8) is 0 Å². The summed E-state index contributed by atoms with van der Waals surface area (Å²) in [7, 11) is 0. The van der Waals surface area contributed by atoms with Crippen LogP contribution in [0.3, 0.4) is 0 Å². The van der Waals surface area contributed by atoms with E-state index < -0.39 is 5.97 Å². The lowest BCUT2D eigenvalue weighted by Gasteiger charge is -2.15. The van der Waals surface area contributed by atoms with Gasteiger partial charge in [0.2, 0.25) is 0 Å². The first-order chi connectivity index (χ1) is 8.93. The van der Waals surface area contributed by atoms with Gasteiger partial charge in [0.1, 0.15) is 5.69 Å². The van der Waals surface area contributed by atoms with Gasteiger partial charge in [-0.1, -0.05) is 6.07 Å². The third-order valence-corrected chi connectivity index (χ3v) is 3.50. The first-order valence-corrected chi connectivity index (χ1v) is 6.05. The van der Waals surface area contributed by atoms with Gasteiger partial charge in [0, 0.05) is 18.0 Å². The molecule has 0 saturated heterocycles. The molecule has 1 N–H and O–H groups in total. The third-order valence-electron chi connectivity index (χ3n) is 3.50. The number of benzene rings is 1. The molecule has 4 nitrogen and oxygen atoms in total. The Labute approximate surface area is 112 Å². The largest absolute Gasteiger partial charge is 0.476 e. The van der Waals surface area contributed by atoms with Gasteiger partial charge in [-0.3, -0.25) is 4.98 Å². The average molecular weight is 256 g/mol. The lowest BCUT2D eigenvalue weighted by atomic mass is 9.91. The van der Waals surface area contributed by atoms with Crippen molar-refractivity contribution in [3.05, 3.63) is 46.4 Å². The summed E-state index contributed by atoms with van der Waals surface area (Å²) in [5.41, 5.74) is 5.66. The van der Waals surface area contributed by atoms with Gasteiger partial charge < -0.3 is 5.11 Å². The van der Waals surface area contributed by atoms with Crippen LogP contribution in [-0.2, 0) is 0 Å². The maximum atomic E-state index is 11.3.